The smallest absolute Gasteiger partial charge is 0.213 e. The number of hydrogen-bond acceptors (Lipinski definition) is 4. The van der Waals surface area contributed by atoms with Crippen LogP contribution in [0.3, 0.4) is 0 Å². The van der Waals surface area contributed by atoms with Crippen molar-refractivity contribution in [2.45, 2.75) is 25.7 Å². The fraction of sp³-hybridized carbons (Fsp3) is 0.444. The van der Waals surface area contributed by atoms with E-state index in [0.29, 0.717) is 10.7 Å². The summed E-state index contributed by atoms with van der Waals surface area (Å²) in [7, 11) is 0. The number of aromatic amines is 2. The van der Waals surface area contributed by atoms with E-state index in [-0.39, 0.29) is 0 Å². The van der Waals surface area contributed by atoms with Crippen LogP contribution in [-0.2, 0) is 0 Å². The zero-order valence-corrected chi connectivity index (χ0v) is 9.84. The van der Waals surface area contributed by atoms with E-state index in [4.69, 9.17) is 12.2 Å². The van der Waals surface area contributed by atoms with Gasteiger partial charge in [-0.2, -0.15) is 4.98 Å². The van der Waals surface area contributed by atoms with Gasteiger partial charge in [0.1, 0.15) is 0 Å². The SMILES string of the molecule is Cc1nc(C2CC2)c(-c2nc(=S)[nH][nH]2)s1. The Morgan fingerprint density at radius 2 is 2.13 bits per heavy atom. The fourth-order valence-corrected chi connectivity index (χ4v) is 2.72. The van der Waals surface area contributed by atoms with Crippen LogP contribution in [0.2, 0.25) is 0 Å². The summed E-state index contributed by atoms with van der Waals surface area (Å²) in [4.78, 5) is 9.95. The van der Waals surface area contributed by atoms with Crippen molar-refractivity contribution in [1.29, 1.82) is 0 Å². The maximum Gasteiger partial charge on any atom is 0.213 e. The van der Waals surface area contributed by atoms with Gasteiger partial charge in [-0.25, -0.2) is 4.98 Å². The van der Waals surface area contributed by atoms with E-state index in [2.05, 4.69) is 20.2 Å². The molecule has 1 aliphatic rings. The van der Waals surface area contributed by atoms with Gasteiger partial charge in [-0.05, 0) is 32.0 Å². The second kappa shape index (κ2) is 3.24. The number of rotatable bonds is 2. The van der Waals surface area contributed by atoms with Gasteiger partial charge in [-0.1, -0.05) is 0 Å². The lowest BCUT2D eigenvalue weighted by Crippen LogP contribution is -1.85. The number of thiazole rings is 1. The van der Waals surface area contributed by atoms with Gasteiger partial charge in [0.2, 0.25) is 4.77 Å². The second-order valence-corrected chi connectivity index (χ2v) is 5.33. The number of nitrogens with zero attached hydrogens (tertiary/aromatic N) is 2. The molecule has 0 aliphatic heterocycles. The zero-order valence-electron chi connectivity index (χ0n) is 8.20. The molecule has 3 rings (SSSR count). The molecule has 0 atom stereocenters. The lowest BCUT2D eigenvalue weighted by atomic mass is 10.2. The van der Waals surface area contributed by atoms with Crippen molar-refractivity contribution >= 4 is 23.6 Å². The summed E-state index contributed by atoms with van der Waals surface area (Å²) in [6, 6.07) is 0. The van der Waals surface area contributed by atoms with Gasteiger partial charge >= 0.3 is 0 Å². The monoisotopic (exact) mass is 238 g/mol. The van der Waals surface area contributed by atoms with Gasteiger partial charge in [0.25, 0.3) is 0 Å². The Labute approximate surface area is 95.8 Å². The molecule has 2 aromatic rings. The molecule has 15 heavy (non-hydrogen) atoms. The summed E-state index contributed by atoms with van der Waals surface area (Å²) in [6.45, 7) is 2.03. The molecule has 0 aromatic carbocycles. The van der Waals surface area contributed by atoms with E-state index >= 15 is 0 Å². The molecule has 0 saturated heterocycles. The summed E-state index contributed by atoms with van der Waals surface area (Å²) in [5, 5.41) is 6.90. The summed E-state index contributed by atoms with van der Waals surface area (Å²) in [5.74, 6) is 1.47. The first kappa shape index (κ1) is 9.23. The van der Waals surface area contributed by atoms with Gasteiger partial charge in [-0.3, -0.25) is 10.2 Å². The first-order chi connectivity index (χ1) is 7.24. The van der Waals surface area contributed by atoms with Crippen molar-refractivity contribution in [3.05, 3.63) is 15.5 Å². The molecule has 1 aliphatic carbocycles. The van der Waals surface area contributed by atoms with Crippen molar-refractivity contribution in [2.75, 3.05) is 0 Å². The molecule has 0 radical (unpaired) electrons. The predicted octanol–water partition coefficient (Wildman–Crippen LogP) is 2.78. The minimum atomic E-state index is 0.498. The highest BCUT2D eigenvalue weighted by atomic mass is 32.1. The Kier molecular flexibility index (Phi) is 2.00. The van der Waals surface area contributed by atoms with E-state index < -0.39 is 0 Å². The number of H-pyrrole nitrogens is 2. The van der Waals surface area contributed by atoms with E-state index in [0.717, 1.165) is 15.7 Å². The average Bonchev–Trinajstić information content (AvgIpc) is 2.85. The van der Waals surface area contributed by atoms with Crippen LogP contribution in [0, 0.1) is 11.7 Å². The second-order valence-electron chi connectivity index (χ2n) is 3.74. The molecule has 0 unspecified atom stereocenters. The molecule has 2 heterocycles. The highest BCUT2D eigenvalue weighted by Crippen LogP contribution is 2.45. The number of aromatic nitrogens is 4. The molecular formula is C9H10N4S2. The topological polar surface area (TPSA) is 57.4 Å². The minimum Gasteiger partial charge on any atom is -0.281 e. The zero-order chi connectivity index (χ0) is 10.4. The number of hydrogen-bond donors (Lipinski definition) is 2. The van der Waals surface area contributed by atoms with Crippen LogP contribution < -0.4 is 0 Å². The van der Waals surface area contributed by atoms with Gasteiger partial charge in [0.05, 0.1) is 15.6 Å². The van der Waals surface area contributed by atoms with Crippen molar-refractivity contribution in [1.82, 2.24) is 20.2 Å². The molecule has 1 fully saturated rings. The quantitative estimate of drug-likeness (QED) is 0.791. The van der Waals surface area contributed by atoms with Crippen LogP contribution in [0.1, 0.15) is 29.5 Å². The van der Waals surface area contributed by atoms with Gasteiger partial charge in [-0.15, -0.1) is 11.3 Å². The Morgan fingerprint density at radius 1 is 1.33 bits per heavy atom. The van der Waals surface area contributed by atoms with E-state index in [9.17, 15) is 0 Å². The number of nitrogens with one attached hydrogen (secondary N) is 2. The first-order valence-corrected chi connectivity index (χ1v) is 6.09. The molecular weight excluding hydrogens is 228 g/mol. The highest BCUT2D eigenvalue weighted by Gasteiger charge is 2.30. The van der Waals surface area contributed by atoms with E-state index in [1.165, 1.54) is 18.5 Å². The van der Waals surface area contributed by atoms with Crippen molar-refractivity contribution in [2.24, 2.45) is 0 Å². The highest BCUT2D eigenvalue weighted by molar-refractivity contribution is 7.71. The maximum absolute atomic E-state index is 4.95. The maximum atomic E-state index is 4.95. The fourth-order valence-electron chi connectivity index (χ4n) is 1.62. The third kappa shape index (κ3) is 1.63. The van der Waals surface area contributed by atoms with Crippen molar-refractivity contribution in [3.8, 4) is 10.7 Å². The van der Waals surface area contributed by atoms with Crippen molar-refractivity contribution < 1.29 is 0 Å². The molecule has 4 nitrogen and oxygen atoms in total. The largest absolute Gasteiger partial charge is 0.281 e. The lowest BCUT2D eigenvalue weighted by molar-refractivity contribution is 1.02. The number of aryl methyl sites for hydroxylation is 1. The lowest BCUT2D eigenvalue weighted by Gasteiger charge is -1.94. The Bertz CT molecular complexity index is 546. The van der Waals surface area contributed by atoms with Crippen molar-refractivity contribution in [3.63, 3.8) is 0 Å². The molecule has 0 bridgehead atoms. The summed E-state index contributed by atoms with van der Waals surface area (Å²) < 4.78 is 0.498. The Balaban J connectivity index is 2.13. The normalized spacial score (nSPS) is 15.8. The standard InChI is InChI=1S/C9H10N4S2/c1-4-10-6(5-2-3-5)7(15-4)8-11-9(14)13-12-8/h5H,2-3H2,1H3,(H2,11,12,13,14). The van der Waals surface area contributed by atoms with Gasteiger partial charge < -0.3 is 0 Å². The minimum absolute atomic E-state index is 0.498. The van der Waals surface area contributed by atoms with E-state index in [1.54, 1.807) is 11.3 Å². The van der Waals surface area contributed by atoms with Crippen LogP contribution in [0.4, 0.5) is 0 Å². The third-order valence-electron chi connectivity index (χ3n) is 2.44. The van der Waals surface area contributed by atoms with Gasteiger partial charge in [0.15, 0.2) is 5.82 Å². The molecule has 1 saturated carbocycles. The molecule has 2 aromatic heterocycles. The van der Waals surface area contributed by atoms with Gasteiger partial charge in [0, 0.05) is 5.92 Å². The summed E-state index contributed by atoms with van der Waals surface area (Å²) in [5.41, 5.74) is 1.19. The average molecular weight is 238 g/mol. The van der Waals surface area contributed by atoms with Crippen LogP contribution >= 0.6 is 23.6 Å². The molecule has 0 spiro atoms. The van der Waals surface area contributed by atoms with E-state index in [1.807, 2.05) is 6.92 Å². The van der Waals surface area contributed by atoms with Crippen LogP contribution in [0.15, 0.2) is 0 Å². The third-order valence-corrected chi connectivity index (χ3v) is 3.63. The van der Waals surface area contributed by atoms with Crippen LogP contribution in [0.5, 0.6) is 0 Å². The summed E-state index contributed by atoms with van der Waals surface area (Å²) >= 11 is 6.63. The van der Waals surface area contributed by atoms with Crippen LogP contribution in [-0.4, -0.2) is 20.2 Å². The Morgan fingerprint density at radius 3 is 2.73 bits per heavy atom. The summed E-state index contributed by atoms with van der Waals surface area (Å²) in [6.07, 6.45) is 2.50. The Hall–Kier alpha value is -1.01. The molecule has 6 heteroatoms. The molecule has 78 valence electrons. The van der Waals surface area contributed by atoms with Crippen LogP contribution in [0.25, 0.3) is 10.7 Å². The molecule has 0 amide bonds. The first-order valence-electron chi connectivity index (χ1n) is 4.86. The predicted molar refractivity (Wildman–Crippen MR) is 61.6 cm³/mol. The molecule has 2 N–H and O–H groups in total.